The molecule has 0 saturated heterocycles. The van der Waals surface area contributed by atoms with Crippen LogP contribution in [0.2, 0.25) is 5.02 Å². The average molecular weight is 388 g/mol. The van der Waals surface area contributed by atoms with Gasteiger partial charge in [-0.25, -0.2) is 4.39 Å². The Morgan fingerprint density at radius 2 is 1.96 bits per heavy atom. The number of rotatable bonds is 4. The van der Waals surface area contributed by atoms with Crippen molar-refractivity contribution >= 4 is 24.0 Å². The van der Waals surface area contributed by atoms with Crippen molar-refractivity contribution in [3.63, 3.8) is 0 Å². The molecule has 6 heteroatoms. The van der Waals surface area contributed by atoms with Gasteiger partial charge in [0, 0.05) is 16.8 Å². The molecular formula is C20H16Cl2FN3. The summed E-state index contributed by atoms with van der Waals surface area (Å²) in [6.45, 7) is 0. The zero-order valence-corrected chi connectivity index (χ0v) is 15.3. The van der Waals surface area contributed by atoms with Crippen LogP contribution in [0.15, 0.2) is 60.8 Å². The Labute approximate surface area is 162 Å². The predicted molar refractivity (Wildman–Crippen MR) is 104 cm³/mol. The molecule has 0 saturated carbocycles. The molecule has 0 amide bonds. The quantitative estimate of drug-likeness (QED) is 0.678. The van der Waals surface area contributed by atoms with Crippen molar-refractivity contribution in [3.05, 3.63) is 88.5 Å². The van der Waals surface area contributed by atoms with Crippen molar-refractivity contribution in [2.75, 3.05) is 0 Å². The molecule has 132 valence electrons. The fraction of sp³-hybridized carbons (Fsp3) is 0.100. The summed E-state index contributed by atoms with van der Waals surface area (Å²) in [4.78, 5) is 4.42. The Balaban J connectivity index is 0.00000243. The first-order valence-corrected chi connectivity index (χ1v) is 8.10. The van der Waals surface area contributed by atoms with Gasteiger partial charge in [-0.15, -0.1) is 12.4 Å². The fourth-order valence-corrected chi connectivity index (χ4v) is 3.04. The molecule has 3 aromatic rings. The first-order valence-electron chi connectivity index (χ1n) is 7.73. The molecular weight excluding hydrogens is 372 g/mol. The van der Waals surface area contributed by atoms with Gasteiger partial charge in [0.2, 0.25) is 0 Å². The Morgan fingerprint density at radius 3 is 2.69 bits per heavy atom. The summed E-state index contributed by atoms with van der Waals surface area (Å²) in [5.41, 5.74) is 10.0. The lowest BCUT2D eigenvalue weighted by atomic mass is 9.95. The van der Waals surface area contributed by atoms with Gasteiger partial charge in [-0.3, -0.25) is 4.98 Å². The minimum Gasteiger partial charge on any atom is -0.322 e. The van der Waals surface area contributed by atoms with Crippen molar-refractivity contribution < 1.29 is 4.39 Å². The highest BCUT2D eigenvalue weighted by Crippen LogP contribution is 2.28. The van der Waals surface area contributed by atoms with Crippen LogP contribution in [0.4, 0.5) is 4.39 Å². The van der Waals surface area contributed by atoms with Crippen LogP contribution >= 0.6 is 24.0 Å². The Morgan fingerprint density at radius 1 is 1.15 bits per heavy atom. The van der Waals surface area contributed by atoms with Gasteiger partial charge < -0.3 is 5.73 Å². The van der Waals surface area contributed by atoms with Crippen LogP contribution in [0.25, 0.3) is 11.1 Å². The first kappa shape index (κ1) is 19.9. The number of nitrogens with two attached hydrogens (primary N) is 1. The van der Waals surface area contributed by atoms with Crippen molar-refractivity contribution in [1.82, 2.24) is 4.98 Å². The zero-order valence-electron chi connectivity index (χ0n) is 13.7. The smallest absolute Gasteiger partial charge is 0.124 e. The van der Waals surface area contributed by atoms with Crippen molar-refractivity contribution in [2.24, 2.45) is 5.73 Å². The van der Waals surface area contributed by atoms with E-state index in [1.807, 2.05) is 24.3 Å². The molecule has 26 heavy (non-hydrogen) atoms. The Bertz CT molecular complexity index is 934. The summed E-state index contributed by atoms with van der Waals surface area (Å²) < 4.78 is 13.5. The van der Waals surface area contributed by atoms with E-state index in [2.05, 4.69) is 11.1 Å². The lowest BCUT2D eigenvalue weighted by molar-refractivity contribution is 0.621. The number of pyridine rings is 1. The molecule has 0 fully saturated rings. The molecule has 0 spiro atoms. The maximum absolute atomic E-state index is 13.5. The van der Waals surface area contributed by atoms with Crippen LogP contribution in [0.5, 0.6) is 0 Å². The van der Waals surface area contributed by atoms with E-state index in [1.165, 1.54) is 12.1 Å². The van der Waals surface area contributed by atoms with Gasteiger partial charge in [-0.2, -0.15) is 5.26 Å². The molecule has 3 rings (SSSR count). The molecule has 2 N–H and O–H groups in total. The highest BCUT2D eigenvalue weighted by atomic mass is 35.5. The fourth-order valence-electron chi connectivity index (χ4n) is 2.79. The number of hydrogen-bond donors (Lipinski definition) is 1. The second-order valence-electron chi connectivity index (χ2n) is 5.72. The van der Waals surface area contributed by atoms with E-state index < -0.39 is 11.9 Å². The lowest BCUT2D eigenvalue weighted by Crippen LogP contribution is -2.16. The third-order valence-electron chi connectivity index (χ3n) is 3.87. The molecule has 1 aromatic heterocycles. The molecule has 0 aliphatic rings. The minimum absolute atomic E-state index is 0. The minimum atomic E-state index is -0.431. The molecule has 0 bridgehead atoms. The van der Waals surface area contributed by atoms with E-state index in [0.29, 0.717) is 28.3 Å². The summed E-state index contributed by atoms with van der Waals surface area (Å²) in [6.07, 6.45) is 2.07. The van der Waals surface area contributed by atoms with Crippen molar-refractivity contribution in [3.8, 4) is 17.2 Å². The molecule has 0 radical (unpaired) electrons. The van der Waals surface area contributed by atoms with Crippen molar-refractivity contribution in [1.29, 1.82) is 5.26 Å². The van der Waals surface area contributed by atoms with E-state index in [1.54, 1.807) is 24.4 Å². The second kappa shape index (κ2) is 8.77. The van der Waals surface area contributed by atoms with Gasteiger partial charge in [-0.05, 0) is 53.9 Å². The van der Waals surface area contributed by atoms with Gasteiger partial charge in [-0.1, -0.05) is 29.8 Å². The summed E-state index contributed by atoms with van der Waals surface area (Å²) in [5, 5.41) is 9.43. The Hall–Kier alpha value is -2.45. The number of benzene rings is 2. The standard InChI is InChI=1S/C20H15ClFN3.ClH/c21-16-8-14(9-17(22)11-16)10-19(24)20-18(5-2-6-25-20)15-4-1-3-13(7-15)12-23;/h1-9,11,19H,10,24H2;1H. The third kappa shape index (κ3) is 4.59. The van der Waals surface area contributed by atoms with Gasteiger partial charge in [0.1, 0.15) is 5.82 Å². The topological polar surface area (TPSA) is 62.7 Å². The van der Waals surface area contributed by atoms with E-state index in [9.17, 15) is 4.39 Å². The molecule has 1 heterocycles. The maximum atomic E-state index is 13.5. The van der Waals surface area contributed by atoms with Gasteiger partial charge in [0.05, 0.1) is 23.4 Å². The number of aromatic nitrogens is 1. The van der Waals surface area contributed by atoms with E-state index in [4.69, 9.17) is 22.6 Å². The van der Waals surface area contributed by atoms with E-state index in [0.717, 1.165) is 11.1 Å². The predicted octanol–water partition coefficient (Wildman–Crippen LogP) is 5.08. The highest BCUT2D eigenvalue weighted by Gasteiger charge is 2.15. The van der Waals surface area contributed by atoms with Crippen LogP contribution < -0.4 is 5.73 Å². The SMILES string of the molecule is Cl.N#Cc1cccc(-c2cccnc2C(N)Cc2cc(F)cc(Cl)c2)c1. The lowest BCUT2D eigenvalue weighted by Gasteiger charge is -2.16. The monoisotopic (exact) mass is 387 g/mol. The summed E-state index contributed by atoms with van der Waals surface area (Å²) >= 11 is 5.91. The molecule has 0 aliphatic heterocycles. The maximum Gasteiger partial charge on any atom is 0.124 e. The highest BCUT2D eigenvalue weighted by molar-refractivity contribution is 6.30. The number of hydrogen-bond acceptors (Lipinski definition) is 3. The van der Waals surface area contributed by atoms with Gasteiger partial charge in [0.25, 0.3) is 0 Å². The molecule has 0 aliphatic carbocycles. The molecule has 2 aromatic carbocycles. The number of nitriles is 1. The average Bonchev–Trinajstić information content (AvgIpc) is 2.61. The summed E-state index contributed by atoms with van der Waals surface area (Å²) in [7, 11) is 0. The van der Waals surface area contributed by atoms with Crippen LogP contribution in [0.1, 0.15) is 22.9 Å². The van der Waals surface area contributed by atoms with Gasteiger partial charge >= 0.3 is 0 Å². The summed E-state index contributed by atoms with van der Waals surface area (Å²) in [5.74, 6) is -0.391. The zero-order chi connectivity index (χ0) is 17.8. The summed E-state index contributed by atoms with van der Waals surface area (Å²) in [6, 6.07) is 17.1. The molecule has 3 nitrogen and oxygen atoms in total. The van der Waals surface area contributed by atoms with E-state index >= 15 is 0 Å². The van der Waals surface area contributed by atoms with Crippen molar-refractivity contribution in [2.45, 2.75) is 12.5 Å². The Kier molecular flexibility index (Phi) is 6.70. The van der Waals surface area contributed by atoms with E-state index in [-0.39, 0.29) is 12.4 Å². The van der Waals surface area contributed by atoms with Crippen LogP contribution in [-0.2, 0) is 6.42 Å². The third-order valence-corrected chi connectivity index (χ3v) is 4.09. The molecule has 1 atom stereocenters. The number of nitrogens with zero attached hydrogens (tertiary/aromatic N) is 2. The van der Waals surface area contributed by atoms with Gasteiger partial charge in [0.15, 0.2) is 0 Å². The molecule has 1 unspecified atom stereocenters. The van der Waals surface area contributed by atoms with Crippen LogP contribution in [0, 0.1) is 17.1 Å². The van der Waals surface area contributed by atoms with Crippen LogP contribution in [-0.4, -0.2) is 4.98 Å². The number of halogens is 3. The normalized spacial score (nSPS) is 11.3. The van der Waals surface area contributed by atoms with Crippen LogP contribution in [0.3, 0.4) is 0 Å². The second-order valence-corrected chi connectivity index (χ2v) is 6.15. The first-order chi connectivity index (χ1) is 12.1. The largest absolute Gasteiger partial charge is 0.322 e.